The van der Waals surface area contributed by atoms with E-state index in [0.717, 1.165) is 17.0 Å². The molecule has 0 aromatic carbocycles. The largest absolute Gasteiger partial charge is 0.257 e. The average Bonchev–Trinajstić information content (AvgIpc) is 2.09. The third-order valence-electron chi connectivity index (χ3n) is 2.03. The fourth-order valence-corrected chi connectivity index (χ4v) is 1.03. The van der Waals surface area contributed by atoms with Gasteiger partial charge in [0.25, 0.3) is 0 Å². The molecule has 0 saturated carbocycles. The molecule has 0 bridgehead atoms. The van der Waals surface area contributed by atoms with Crippen LogP contribution in [0.2, 0.25) is 0 Å². The molecule has 0 saturated heterocycles. The summed E-state index contributed by atoms with van der Waals surface area (Å²) in [7, 11) is 0. The van der Waals surface area contributed by atoms with Crippen molar-refractivity contribution < 1.29 is 0 Å². The van der Waals surface area contributed by atoms with Gasteiger partial charge in [0.1, 0.15) is 0 Å². The maximum absolute atomic E-state index is 4.12. The zero-order valence-electron chi connectivity index (χ0n) is 7.75. The van der Waals surface area contributed by atoms with E-state index in [1.807, 2.05) is 6.07 Å². The summed E-state index contributed by atoms with van der Waals surface area (Å²) in [6.07, 6.45) is 5.15. The maximum Gasteiger partial charge on any atom is 0.0627 e. The van der Waals surface area contributed by atoms with E-state index in [-0.39, 0.29) is 0 Å². The topological polar surface area (TPSA) is 12.9 Å². The third-order valence-corrected chi connectivity index (χ3v) is 2.03. The molecule has 12 heavy (non-hydrogen) atoms. The summed E-state index contributed by atoms with van der Waals surface area (Å²) in [6, 6.07) is 4.00. The Morgan fingerprint density at radius 2 is 2.42 bits per heavy atom. The summed E-state index contributed by atoms with van der Waals surface area (Å²) in [5.41, 5.74) is 0. The number of nitrogens with zero attached hydrogens (tertiary/aromatic N) is 1. The molecule has 0 aliphatic heterocycles. The Morgan fingerprint density at radius 1 is 1.67 bits per heavy atom. The Hall–Kier alpha value is -1.11. The van der Waals surface area contributed by atoms with Gasteiger partial charge in [-0.3, -0.25) is 4.98 Å². The number of hydrogen-bond acceptors (Lipinski definition) is 1. The van der Waals surface area contributed by atoms with Crippen molar-refractivity contribution in [3.8, 4) is 0 Å². The van der Waals surface area contributed by atoms with Gasteiger partial charge in [-0.1, -0.05) is 39.0 Å². The Balaban J connectivity index is 3.10. The van der Waals surface area contributed by atoms with Crippen LogP contribution in [0.25, 0.3) is 12.7 Å². The summed E-state index contributed by atoms with van der Waals surface area (Å²) in [5, 5.41) is 2.03. The van der Waals surface area contributed by atoms with Crippen molar-refractivity contribution in [3.63, 3.8) is 0 Å². The molecule has 1 atom stereocenters. The van der Waals surface area contributed by atoms with Gasteiger partial charge < -0.3 is 0 Å². The molecule has 1 nitrogen and oxygen atoms in total. The van der Waals surface area contributed by atoms with E-state index in [9.17, 15) is 0 Å². The molecule has 0 N–H and O–H groups in total. The number of hydrogen-bond donors (Lipinski definition) is 0. The number of rotatable bonds is 2. The fraction of sp³-hybridized carbons (Fsp3) is 0.364. The highest BCUT2D eigenvalue weighted by Gasteiger charge is 1.91. The van der Waals surface area contributed by atoms with Crippen LogP contribution in [0.1, 0.15) is 20.3 Å². The van der Waals surface area contributed by atoms with Crippen molar-refractivity contribution in [1.82, 2.24) is 4.98 Å². The third kappa shape index (κ3) is 2.19. The molecule has 1 aromatic rings. The zero-order valence-corrected chi connectivity index (χ0v) is 7.75. The van der Waals surface area contributed by atoms with Gasteiger partial charge in [0.15, 0.2) is 0 Å². The Kier molecular flexibility index (Phi) is 3.03. The molecular formula is C11H15N. The first-order chi connectivity index (χ1) is 5.74. The molecular weight excluding hydrogens is 146 g/mol. The van der Waals surface area contributed by atoms with Crippen molar-refractivity contribution in [1.29, 1.82) is 0 Å². The second-order valence-corrected chi connectivity index (χ2v) is 3.09. The van der Waals surface area contributed by atoms with Crippen LogP contribution in [0.3, 0.4) is 0 Å². The van der Waals surface area contributed by atoms with E-state index in [2.05, 4.69) is 37.6 Å². The Labute approximate surface area is 73.5 Å². The lowest BCUT2D eigenvalue weighted by molar-refractivity contribution is 0.734. The molecule has 0 fully saturated rings. The Bertz CT molecular complexity index is 340. The van der Waals surface area contributed by atoms with Crippen LogP contribution < -0.4 is 10.6 Å². The highest BCUT2D eigenvalue weighted by Crippen LogP contribution is 1.99. The van der Waals surface area contributed by atoms with Gasteiger partial charge in [0.2, 0.25) is 0 Å². The molecule has 1 heterocycles. The van der Waals surface area contributed by atoms with Gasteiger partial charge in [-0.15, -0.1) is 0 Å². The van der Waals surface area contributed by atoms with Crippen LogP contribution in [0.5, 0.6) is 0 Å². The molecule has 0 radical (unpaired) electrons. The van der Waals surface area contributed by atoms with Gasteiger partial charge in [0, 0.05) is 6.20 Å². The van der Waals surface area contributed by atoms with Crippen LogP contribution in [-0.2, 0) is 0 Å². The molecule has 1 rings (SSSR count). The molecule has 0 aliphatic carbocycles. The van der Waals surface area contributed by atoms with Crippen LogP contribution in [0, 0.1) is 5.92 Å². The maximum atomic E-state index is 4.12. The van der Waals surface area contributed by atoms with Crippen molar-refractivity contribution in [3.05, 3.63) is 28.9 Å². The summed E-state index contributed by atoms with van der Waals surface area (Å²) >= 11 is 0. The van der Waals surface area contributed by atoms with Gasteiger partial charge in [0.05, 0.1) is 5.35 Å². The van der Waals surface area contributed by atoms with E-state index < -0.39 is 0 Å². The SMILES string of the molecule is C=c1nccc/c1=C/C(C)CC. The van der Waals surface area contributed by atoms with Crippen molar-refractivity contribution in [2.45, 2.75) is 20.3 Å². The minimum atomic E-state index is 0.606. The summed E-state index contributed by atoms with van der Waals surface area (Å²) < 4.78 is 0. The van der Waals surface area contributed by atoms with Crippen LogP contribution in [0.15, 0.2) is 18.3 Å². The monoisotopic (exact) mass is 161 g/mol. The quantitative estimate of drug-likeness (QED) is 0.637. The second-order valence-electron chi connectivity index (χ2n) is 3.09. The smallest absolute Gasteiger partial charge is 0.0627 e. The van der Waals surface area contributed by atoms with E-state index in [0.29, 0.717) is 5.92 Å². The first-order valence-electron chi connectivity index (χ1n) is 4.36. The molecule has 64 valence electrons. The number of pyridine rings is 1. The van der Waals surface area contributed by atoms with Crippen molar-refractivity contribution in [2.75, 3.05) is 0 Å². The van der Waals surface area contributed by atoms with Crippen LogP contribution >= 0.6 is 0 Å². The second kappa shape index (κ2) is 4.05. The lowest BCUT2D eigenvalue weighted by atomic mass is 10.1. The van der Waals surface area contributed by atoms with E-state index in [1.165, 1.54) is 0 Å². The fourth-order valence-electron chi connectivity index (χ4n) is 1.03. The molecule has 0 spiro atoms. The molecule has 1 heteroatoms. The van der Waals surface area contributed by atoms with Gasteiger partial charge in [-0.05, 0) is 17.2 Å². The highest BCUT2D eigenvalue weighted by atomic mass is 14.6. The van der Waals surface area contributed by atoms with E-state index in [4.69, 9.17) is 0 Å². The van der Waals surface area contributed by atoms with E-state index in [1.54, 1.807) is 6.20 Å². The van der Waals surface area contributed by atoms with Crippen LogP contribution in [0.4, 0.5) is 0 Å². The summed E-state index contributed by atoms with van der Waals surface area (Å²) in [6.45, 7) is 8.25. The van der Waals surface area contributed by atoms with Gasteiger partial charge in [-0.2, -0.15) is 0 Å². The van der Waals surface area contributed by atoms with Crippen molar-refractivity contribution >= 4 is 12.7 Å². The van der Waals surface area contributed by atoms with Gasteiger partial charge >= 0.3 is 0 Å². The molecule has 0 aliphatic rings. The van der Waals surface area contributed by atoms with Gasteiger partial charge in [-0.25, -0.2) is 0 Å². The predicted molar refractivity (Wildman–Crippen MR) is 52.9 cm³/mol. The van der Waals surface area contributed by atoms with Crippen LogP contribution in [-0.4, -0.2) is 4.98 Å². The molecule has 1 aromatic heterocycles. The summed E-state index contributed by atoms with van der Waals surface area (Å²) in [4.78, 5) is 4.12. The zero-order chi connectivity index (χ0) is 8.97. The average molecular weight is 161 g/mol. The Morgan fingerprint density at radius 3 is 3.00 bits per heavy atom. The standard InChI is InChI=1S/C11H15N/c1-4-9(2)8-11-6-5-7-12-10(11)3/h5-9H,3-4H2,1-2H3/b11-8-. The molecule has 1 unspecified atom stereocenters. The predicted octanol–water partition coefficient (Wildman–Crippen LogP) is 1.32. The normalized spacial score (nSPS) is 14.7. The minimum absolute atomic E-state index is 0.606. The van der Waals surface area contributed by atoms with Crippen molar-refractivity contribution in [2.24, 2.45) is 5.92 Å². The summed E-state index contributed by atoms with van der Waals surface area (Å²) in [5.74, 6) is 0.606. The number of aromatic nitrogens is 1. The molecule has 0 amide bonds. The lowest BCUT2D eigenvalue weighted by Crippen LogP contribution is -2.26. The highest BCUT2D eigenvalue weighted by molar-refractivity contribution is 5.25. The lowest BCUT2D eigenvalue weighted by Gasteiger charge is -1.98. The first kappa shape index (κ1) is 8.98. The minimum Gasteiger partial charge on any atom is -0.257 e. The first-order valence-corrected chi connectivity index (χ1v) is 4.36. The van der Waals surface area contributed by atoms with E-state index >= 15 is 0 Å².